The summed E-state index contributed by atoms with van der Waals surface area (Å²) in [5.41, 5.74) is 3.88. The van der Waals surface area contributed by atoms with Crippen LogP contribution in [0, 0.1) is 5.92 Å². The molecule has 2 aliphatic rings. The molecule has 2 atom stereocenters. The van der Waals surface area contributed by atoms with Gasteiger partial charge in [0.2, 0.25) is 0 Å². The highest BCUT2D eigenvalue weighted by molar-refractivity contribution is 5.87. The van der Waals surface area contributed by atoms with E-state index < -0.39 is 0 Å². The minimum absolute atomic E-state index is 0.0730. The topological polar surface area (TPSA) is 68.8 Å². The number of rotatable bonds is 2. The zero-order chi connectivity index (χ0) is 20.2. The van der Waals surface area contributed by atoms with E-state index in [1.807, 2.05) is 40.6 Å². The van der Waals surface area contributed by atoms with E-state index in [2.05, 4.69) is 32.0 Å². The lowest BCUT2D eigenvalue weighted by Gasteiger charge is -2.43. The number of pyridine rings is 2. The van der Waals surface area contributed by atoms with Crippen LogP contribution in [-0.4, -0.2) is 37.2 Å². The summed E-state index contributed by atoms with van der Waals surface area (Å²) in [7, 11) is 2.01. The normalized spacial score (nSPS) is 20.4. The molecule has 6 rings (SSSR count). The van der Waals surface area contributed by atoms with E-state index in [0.29, 0.717) is 11.8 Å². The van der Waals surface area contributed by atoms with Gasteiger partial charge in [-0.1, -0.05) is 6.07 Å². The molecule has 30 heavy (non-hydrogen) atoms. The second kappa shape index (κ2) is 6.52. The molecule has 0 radical (unpaired) electrons. The Balaban J connectivity index is 1.41. The Morgan fingerprint density at radius 1 is 1.03 bits per heavy atom. The molecule has 0 aliphatic carbocycles. The number of piperidine rings is 1. The Bertz CT molecular complexity index is 1310. The maximum Gasteiger partial charge on any atom is 0.251 e. The molecule has 0 unspecified atom stereocenters. The molecule has 0 N–H and O–H groups in total. The van der Waals surface area contributed by atoms with Crippen molar-refractivity contribution in [3.8, 4) is 11.3 Å². The van der Waals surface area contributed by atoms with Crippen LogP contribution in [0.15, 0.2) is 59.9 Å². The maximum absolute atomic E-state index is 12.9. The highest BCUT2D eigenvalue weighted by atomic mass is 16.1. The summed E-state index contributed by atoms with van der Waals surface area (Å²) in [5.74, 6) is 1.72. The Labute approximate surface area is 173 Å². The van der Waals surface area contributed by atoms with Crippen LogP contribution in [0.4, 0.5) is 5.82 Å². The summed E-state index contributed by atoms with van der Waals surface area (Å²) in [6.45, 7) is 2.51. The number of fused-ring (bicyclic) bond motifs is 5. The highest BCUT2D eigenvalue weighted by Crippen LogP contribution is 2.38. The Morgan fingerprint density at radius 3 is 2.83 bits per heavy atom. The predicted molar refractivity (Wildman–Crippen MR) is 116 cm³/mol. The third-order valence-electron chi connectivity index (χ3n) is 6.46. The predicted octanol–water partition coefficient (Wildman–Crippen LogP) is 2.82. The van der Waals surface area contributed by atoms with E-state index in [-0.39, 0.29) is 5.56 Å². The summed E-state index contributed by atoms with van der Waals surface area (Å²) in [6, 6.07) is 11.8. The van der Waals surface area contributed by atoms with Gasteiger partial charge in [-0.05, 0) is 36.6 Å². The zero-order valence-electron chi connectivity index (χ0n) is 16.8. The maximum atomic E-state index is 12.9. The van der Waals surface area contributed by atoms with Gasteiger partial charge in [0.1, 0.15) is 17.8 Å². The summed E-state index contributed by atoms with van der Waals surface area (Å²) >= 11 is 0. The molecule has 7 nitrogen and oxygen atoms in total. The summed E-state index contributed by atoms with van der Waals surface area (Å²) < 4.78 is 4.00. The van der Waals surface area contributed by atoms with Crippen molar-refractivity contribution >= 4 is 16.9 Å². The van der Waals surface area contributed by atoms with E-state index in [0.717, 1.165) is 59.9 Å². The van der Waals surface area contributed by atoms with Gasteiger partial charge in [0.15, 0.2) is 0 Å². The van der Waals surface area contributed by atoms with E-state index in [9.17, 15) is 4.79 Å². The number of aryl methyl sites for hydroxylation is 1. The lowest BCUT2D eigenvalue weighted by Crippen LogP contribution is -2.47. The molecule has 0 amide bonds. The lowest BCUT2D eigenvalue weighted by molar-refractivity contribution is 0.281. The number of aromatic nitrogens is 5. The van der Waals surface area contributed by atoms with Crippen LogP contribution in [0.5, 0.6) is 0 Å². The first-order chi connectivity index (χ1) is 14.7. The van der Waals surface area contributed by atoms with E-state index in [1.165, 1.54) is 0 Å². The van der Waals surface area contributed by atoms with Gasteiger partial charge in [0.05, 0.1) is 11.1 Å². The summed E-state index contributed by atoms with van der Waals surface area (Å²) in [6.07, 6.45) is 6.55. The van der Waals surface area contributed by atoms with Crippen LogP contribution in [0.3, 0.4) is 0 Å². The summed E-state index contributed by atoms with van der Waals surface area (Å²) in [5, 5.41) is 1.08. The first kappa shape index (κ1) is 17.4. The molecule has 4 aromatic heterocycles. The quantitative estimate of drug-likeness (QED) is 0.519. The van der Waals surface area contributed by atoms with Crippen molar-refractivity contribution in [3.63, 3.8) is 0 Å². The van der Waals surface area contributed by atoms with Crippen LogP contribution < -0.4 is 10.5 Å². The van der Waals surface area contributed by atoms with E-state index in [4.69, 9.17) is 0 Å². The molecule has 0 saturated carbocycles. The van der Waals surface area contributed by atoms with Gasteiger partial charge >= 0.3 is 0 Å². The fourth-order valence-corrected chi connectivity index (χ4v) is 5.13. The second-order valence-electron chi connectivity index (χ2n) is 8.40. The highest BCUT2D eigenvalue weighted by Gasteiger charge is 2.36. The zero-order valence-corrected chi connectivity index (χ0v) is 16.8. The average molecular weight is 398 g/mol. The molecule has 150 valence electrons. The van der Waals surface area contributed by atoms with E-state index >= 15 is 0 Å². The molecule has 6 heterocycles. The van der Waals surface area contributed by atoms with Gasteiger partial charge in [0.25, 0.3) is 5.56 Å². The first-order valence-electron chi connectivity index (χ1n) is 10.3. The minimum Gasteiger partial charge on any atom is -0.355 e. The largest absolute Gasteiger partial charge is 0.355 e. The minimum atomic E-state index is 0.0730. The van der Waals surface area contributed by atoms with Crippen molar-refractivity contribution in [2.45, 2.75) is 18.9 Å². The number of hydrogen-bond acceptors (Lipinski definition) is 5. The van der Waals surface area contributed by atoms with Crippen LogP contribution in [0.1, 0.15) is 18.0 Å². The fraction of sp³-hybridized carbons (Fsp3) is 0.304. The van der Waals surface area contributed by atoms with Gasteiger partial charge in [-0.2, -0.15) is 0 Å². The number of nitrogens with zero attached hydrogens (tertiary/aromatic N) is 6. The van der Waals surface area contributed by atoms with Crippen LogP contribution in [0.25, 0.3) is 22.3 Å². The van der Waals surface area contributed by atoms with Crippen molar-refractivity contribution in [3.05, 3.63) is 71.2 Å². The third-order valence-corrected chi connectivity index (χ3v) is 6.46. The average Bonchev–Trinajstić information content (AvgIpc) is 3.16. The molecule has 2 bridgehead atoms. The Kier molecular flexibility index (Phi) is 3.78. The smallest absolute Gasteiger partial charge is 0.251 e. The van der Waals surface area contributed by atoms with E-state index in [1.54, 1.807) is 18.6 Å². The standard InChI is InChI=1S/C23H22N6O/c1-27-7-5-18-22(27)25-14-26-23(18)28-11-15-8-17(13-28)20-9-16(10-21(30)29(20)12-15)19-4-2-3-6-24-19/h2-7,9-10,14-15,17H,8,11-13H2,1H3/t15-,17+/m0/s1. The molecule has 7 heteroatoms. The van der Waals surface area contributed by atoms with Gasteiger partial charge in [-0.3, -0.25) is 9.78 Å². The number of hydrogen-bond donors (Lipinski definition) is 0. The molecule has 0 spiro atoms. The molecule has 1 fully saturated rings. The molecular weight excluding hydrogens is 376 g/mol. The number of anilines is 1. The lowest BCUT2D eigenvalue weighted by atomic mass is 9.82. The fourth-order valence-electron chi connectivity index (χ4n) is 5.13. The molecular formula is C23H22N6O. The van der Waals surface area contributed by atoms with Crippen molar-refractivity contribution in [2.75, 3.05) is 18.0 Å². The van der Waals surface area contributed by atoms with Gasteiger partial charge in [-0.15, -0.1) is 0 Å². The summed E-state index contributed by atoms with van der Waals surface area (Å²) in [4.78, 5) is 28.8. The second-order valence-corrected chi connectivity index (χ2v) is 8.40. The van der Waals surface area contributed by atoms with Gasteiger partial charge < -0.3 is 14.0 Å². The van der Waals surface area contributed by atoms with Crippen LogP contribution >= 0.6 is 0 Å². The van der Waals surface area contributed by atoms with Gasteiger partial charge in [-0.25, -0.2) is 9.97 Å². The van der Waals surface area contributed by atoms with Gasteiger partial charge in [0, 0.05) is 62.3 Å². The van der Waals surface area contributed by atoms with Crippen molar-refractivity contribution in [1.82, 2.24) is 24.1 Å². The Hall–Kier alpha value is -3.48. The molecule has 4 aromatic rings. The van der Waals surface area contributed by atoms with Crippen molar-refractivity contribution in [2.24, 2.45) is 13.0 Å². The van der Waals surface area contributed by atoms with Crippen molar-refractivity contribution < 1.29 is 0 Å². The monoisotopic (exact) mass is 398 g/mol. The molecule has 2 aliphatic heterocycles. The third kappa shape index (κ3) is 2.65. The van der Waals surface area contributed by atoms with Crippen LogP contribution in [0.2, 0.25) is 0 Å². The van der Waals surface area contributed by atoms with Crippen molar-refractivity contribution in [1.29, 1.82) is 0 Å². The molecule has 1 saturated heterocycles. The first-order valence-corrected chi connectivity index (χ1v) is 10.3. The van der Waals surface area contributed by atoms with Crippen LogP contribution in [-0.2, 0) is 13.6 Å². The molecule has 0 aromatic carbocycles. The SMILES string of the molecule is Cn1ccc2c(N3C[C@@H]4C[C@H](C3)c3cc(-c5ccccn5)cc(=O)n3C4)ncnc21. The Morgan fingerprint density at radius 2 is 1.97 bits per heavy atom.